The van der Waals surface area contributed by atoms with Crippen molar-refractivity contribution in [1.82, 2.24) is 5.32 Å². The Morgan fingerprint density at radius 3 is 2.72 bits per heavy atom. The Labute approximate surface area is 145 Å². The van der Waals surface area contributed by atoms with Crippen molar-refractivity contribution in [3.8, 4) is 5.75 Å². The van der Waals surface area contributed by atoms with Crippen LogP contribution in [0.4, 0.5) is 0 Å². The molecule has 2 aliphatic heterocycles. The SMILES string of the molecule is CCOC(=O)[C@]1(C)NC[C@@]2(C(=O)OC)C(=O)c3cc(C)ccc3O[C@H]21. The molecule has 0 saturated carbocycles. The molecule has 0 bridgehead atoms. The van der Waals surface area contributed by atoms with E-state index in [1.165, 1.54) is 7.11 Å². The minimum Gasteiger partial charge on any atom is -0.485 e. The summed E-state index contributed by atoms with van der Waals surface area (Å²) in [6.07, 6.45) is -1.06. The summed E-state index contributed by atoms with van der Waals surface area (Å²) in [5, 5.41) is 2.97. The van der Waals surface area contributed by atoms with E-state index in [1.807, 2.05) is 6.92 Å². The molecule has 134 valence electrons. The van der Waals surface area contributed by atoms with Crippen LogP contribution in [0.5, 0.6) is 5.75 Å². The molecule has 25 heavy (non-hydrogen) atoms. The topological polar surface area (TPSA) is 90.9 Å². The number of ether oxygens (including phenoxy) is 3. The van der Waals surface area contributed by atoms with E-state index in [1.54, 1.807) is 32.0 Å². The lowest BCUT2D eigenvalue weighted by Gasteiger charge is -2.40. The van der Waals surface area contributed by atoms with E-state index in [0.29, 0.717) is 11.3 Å². The molecule has 1 aromatic rings. The number of esters is 2. The van der Waals surface area contributed by atoms with Crippen molar-refractivity contribution in [2.24, 2.45) is 5.41 Å². The number of fused-ring (bicyclic) bond motifs is 2. The van der Waals surface area contributed by atoms with Crippen molar-refractivity contribution >= 4 is 17.7 Å². The zero-order valence-corrected chi connectivity index (χ0v) is 14.7. The molecule has 7 heteroatoms. The predicted molar refractivity (Wildman–Crippen MR) is 87.4 cm³/mol. The molecule has 1 saturated heterocycles. The van der Waals surface area contributed by atoms with E-state index in [9.17, 15) is 14.4 Å². The molecule has 1 fully saturated rings. The number of methoxy groups -OCH3 is 1. The first-order valence-electron chi connectivity index (χ1n) is 8.14. The van der Waals surface area contributed by atoms with E-state index >= 15 is 0 Å². The van der Waals surface area contributed by atoms with Gasteiger partial charge in [0, 0.05) is 6.54 Å². The van der Waals surface area contributed by atoms with Crippen molar-refractivity contribution in [3.05, 3.63) is 29.3 Å². The van der Waals surface area contributed by atoms with Crippen molar-refractivity contribution in [2.45, 2.75) is 32.4 Å². The van der Waals surface area contributed by atoms with Gasteiger partial charge in [-0.3, -0.25) is 14.9 Å². The van der Waals surface area contributed by atoms with Crippen LogP contribution in [-0.2, 0) is 19.1 Å². The fourth-order valence-electron chi connectivity index (χ4n) is 3.62. The van der Waals surface area contributed by atoms with Gasteiger partial charge in [0.05, 0.1) is 19.3 Å². The molecule has 2 aliphatic rings. The second-order valence-electron chi connectivity index (χ2n) is 6.57. The lowest BCUT2D eigenvalue weighted by Crippen LogP contribution is -2.62. The summed E-state index contributed by atoms with van der Waals surface area (Å²) < 4.78 is 16.1. The monoisotopic (exact) mass is 347 g/mol. The smallest absolute Gasteiger partial charge is 0.329 e. The van der Waals surface area contributed by atoms with Crippen LogP contribution in [0.15, 0.2) is 18.2 Å². The Bertz CT molecular complexity index is 760. The molecule has 0 aliphatic carbocycles. The summed E-state index contributed by atoms with van der Waals surface area (Å²) in [7, 11) is 1.22. The highest BCUT2D eigenvalue weighted by Gasteiger charge is 2.70. The molecule has 1 N–H and O–H groups in total. The number of carbonyl (C=O) groups is 3. The van der Waals surface area contributed by atoms with Crippen molar-refractivity contribution in [2.75, 3.05) is 20.3 Å². The number of hydrogen-bond donors (Lipinski definition) is 1. The van der Waals surface area contributed by atoms with Gasteiger partial charge < -0.3 is 14.2 Å². The lowest BCUT2D eigenvalue weighted by molar-refractivity contribution is -0.159. The molecular formula is C18H21NO6. The summed E-state index contributed by atoms with van der Waals surface area (Å²) in [6, 6.07) is 5.16. The molecular weight excluding hydrogens is 326 g/mol. The average Bonchev–Trinajstić information content (AvgIpc) is 2.91. The molecule has 1 aromatic carbocycles. The van der Waals surface area contributed by atoms with Crippen molar-refractivity contribution in [1.29, 1.82) is 0 Å². The fraction of sp³-hybridized carbons (Fsp3) is 0.500. The minimum atomic E-state index is -1.63. The Hall–Kier alpha value is -2.41. The average molecular weight is 347 g/mol. The van der Waals surface area contributed by atoms with Crippen LogP contribution in [0.25, 0.3) is 0 Å². The summed E-state index contributed by atoms with van der Waals surface area (Å²) in [6.45, 7) is 5.23. The highest BCUT2D eigenvalue weighted by Crippen LogP contribution is 2.47. The zero-order valence-electron chi connectivity index (χ0n) is 14.7. The van der Waals surface area contributed by atoms with Crippen LogP contribution >= 0.6 is 0 Å². The van der Waals surface area contributed by atoms with Gasteiger partial charge in [0.15, 0.2) is 22.8 Å². The summed E-state index contributed by atoms with van der Waals surface area (Å²) in [5.41, 5.74) is -1.79. The molecule has 0 radical (unpaired) electrons. The molecule has 2 heterocycles. The van der Waals surface area contributed by atoms with E-state index in [-0.39, 0.29) is 13.2 Å². The van der Waals surface area contributed by atoms with Gasteiger partial charge in [-0.15, -0.1) is 0 Å². The first-order valence-corrected chi connectivity index (χ1v) is 8.14. The van der Waals surface area contributed by atoms with Gasteiger partial charge in [0.2, 0.25) is 0 Å². The van der Waals surface area contributed by atoms with Crippen LogP contribution in [0.2, 0.25) is 0 Å². The summed E-state index contributed by atoms with van der Waals surface area (Å²) in [5.74, 6) is -1.36. The maximum absolute atomic E-state index is 13.3. The quantitative estimate of drug-likeness (QED) is 0.645. The zero-order chi connectivity index (χ0) is 18.4. The second kappa shape index (κ2) is 5.84. The molecule has 0 unspecified atom stereocenters. The van der Waals surface area contributed by atoms with Gasteiger partial charge in [0.25, 0.3) is 0 Å². The third kappa shape index (κ3) is 2.26. The number of benzene rings is 1. The number of hydrogen-bond acceptors (Lipinski definition) is 7. The van der Waals surface area contributed by atoms with Crippen LogP contribution in [0, 0.1) is 12.3 Å². The van der Waals surface area contributed by atoms with Crippen molar-refractivity contribution in [3.63, 3.8) is 0 Å². The molecule has 0 amide bonds. The molecule has 0 spiro atoms. The predicted octanol–water partition coefficient (Wildman–Crippen LogP) is 1.02. The van der Waals surface area contributed by atoms with Gasteiger partial charge in [-0.05, 0) is 32.9 Å². The molecule has 0 aromatic heterocycles. The van der Waals surface area contributed by atoms with Gasteiger partial charge in [-0.25, -0.2) is 4.79 Å². The summed E-state index contributed by atoms with van der Waals surface area (Å²) >= 11 is 0. The third-order valence-corrected chi connectivity index (χ3v) is 4.99. The van der Waals surface area contributed by atoms with E-state index < -0.39 is 34.8 Å². The van der Waals surface area contributed by atoms with Crippen molar-refractivity contribution < 1.29 is 28.6 Å². The number of nitrogens with one attached hydrogen (secondary N) is 1. The number of ketones is 1. The Kier molecular flexibility index (Phi) is 4.07. The van der Waals surface area contributed by atoms with Gasteiger partial charge in [-0.2, -0.15) is 0 Å². The van der Waals surface area contributed by atoms with Crippen LogP contribution in [0.1, 0.15) is 29.8 Å². The minimum absolute atomic E-state index is 0.0636. The number of Topliss-reactive ketones (excluding diaryl/α,β-unsaturated/α-hetero) is 1. The number of aryl methyl sites for hydroxylation is 1. The standard InChI is InChI=1S/C18H21NO6/c1-5-24-15(21)17(3)14-18(9-19-17,16(22)23-4)13(20)11-8-10(2)6-7-12(11)25-14/h6-8,14,19H,5,9H2,1-4H3/t14-,17+,18+/m0/s1. The largest absolute Gasteiger partial charge is 0.485 e. The third-order valence-electron chi connectivity index (χ3n) is 4.99. The fourth-order valence-corrected chi connectivity index (χ4v) is 3.62. The summed E-state index contributed by atoms with van der Waals surface area (Å²) in [4.78, 5) is 38.4. The van der Waals surface area contributed by atoms with Crippen LogP contribution in [-0.4, -0.2) is 49.6 Å². The first-order chi connectivity index (χ1) is 11.8. The van der Waals surface area contributed by atoms with E-state index in [0.717, 1.165) is 5.56 Å². The normalized spacial score (nSPS) is 30.1. The first kappa shape index (κ1) is 17.4. The Morgan fingerprint density at radius 2 is 2.08 bits per heavy atom. The van der Waals surface area contributed by atoms with Crippen LogP contribution < -0.4 is 10.1 Å². The Balaban J connectivity index is 2.17. The number of rotatable bonds is 3. The van der Waals surface area contributed by atoms with Gasteiger partial charge in [0.1, 0.15) is 5.75 Å². The van der Waals surface area contributed by atoms with Gasteiger partial charge in [-0.1, -0.05) is 11.6 Å². The highest BCUT2D eigenvalue weighted by atomic mass is 16.6. The second-order valence-corrected chi connectivity index (χ2v) is 6.57. The molecule has 3 atom stereocenters. The lowest BCUT2D eigenvalue weighted by atomic mass is 9.71. The Morgan fingerprint density at radius 1 is 1.36 bits per heavy atom. The highest BCUT2D eigenvalue weighted by molar-refractivity contribution is 6.16. The molecule has 7 nitrogen and oxygen atoms in total. The van der Waals surface area contributed by atoms with E-state index in [2.05, 4.69) is 5.32 Å². The maximum Gasteiger partial charge on any atom is 0.329 e. The molecule has 3 rings (SSSR count). The van der Waals surface area contributed by atoms with Crippen LogP contribution in [0.3, 0.4) is 0 Å². The van der Waals surface area contributed by atoms with E-state index in [4.69, 9.17) is 14.2 Å². The van der Waals surface area contributed by atoms with Gasteiger partial charge >= 0.3 is 11.9 Å². The number of carbonyl (C=O) groups excluding carboxylic acids is 3. The maximum atomic E-state index is 13.3.